The molecule has 0 saturated heterocycles. The van der Waals surface area contributed by atoms with E-state index in [2.05, 4.69) is 21.2 Å². The van der Waals surface area contributed by atoms with Crippen molar-refractivity contribution in [1.82, 2.24) is 0 Å². The molecule has 0 aliphatic heterocycles. The lowest BCUT2D eigenvalue weighted by molar-refractivity contribution is -0.115. The molecule has 0 radical (unpaired) electrons. The van der Waals surface area contributed by atoms with Crippen molar-refractivity contribution in [2.75, 3.05) is 26.1 Å². The molecular weight excluding hydrogens is 410 g/mol. The summed E-state index contributed by atoms with van der Waals surface area (Å²) in [5.74, 6) is 1.55. The normalized spacial score (nSPS) is 10.3. The van der Waals surface area contributed by atoms with Crippen molar-refractivity contribution >= 4 is 39.1 Å². The van der Waals surface area contributed by atoms with Crippen molar-refractivity contribution in [2.24, 2.45) is 0 Å². The summed E-state index contributed by atoms with van der Waals surface area (Å²) in [4.78, 5) is 12.4. The van der Waals surface area contributed by atoms with Crippen LogP contribution in [-0.4, -0.2) is 26.7 Å². The highest BCUT2D eigenvalue weighted by Gasteiger charge is 2.14. The van der Waals surface area contributed by atoms with Crippen LogP contribution in [0.1, 0.15) is 12.5 Å². The van der Waals surface area contributed by atoms with Crippen molar-refractivity contribution in [1.29, 1.82) is 0 Å². The van der Waals surface area contributed by atoms with Crippen molar-refractivity contribution in [3.63, 3.8) is 0 Å². The number of carbonyl (C=O) groups excluding carboxylic acids is 1. The molecule has 0 aliphatic carbocycles. The maximum Gasteiger partial charge on any atom is 0.228 e. The number of anilines is 1. The average Bonchev–Trinajstić information content (AvgIpc) is 2.57. The molecule has 5 nitrogen and oxygen atoms in total. The molecule has 1 N–H and O–H groups in total. The van der Waals surface area contributed by atoms with E-state index in [1.54, 1.807) is 38.5 Å². The van der Waals surface area contributed by atoms with Gasteiger partial charge in [0.15, 0.2) is 17.2 Å². The van der Waals surface area contributed by atoms with Crippen LogP contribution in [0.15, 0.2) is 34.8 Å². The molecule has 134 valence electrons. The zero-order valence-electron chi connectivity index (χ0n) is 14.2. The van der Waals surface area contributed by atoms with E-state index >= 15 is 0 Å². The fourth-order valence-electron chi connectivity index (χ4n) is 2.31. The zero-order chi connectivity index (χ0) is 18.4. The summed E-state index contributed by atoms with van der Waals surface area (Å²) in [5.41, 5.74) is 1.32. The lowest BCUT2D eigenvalue weighted by Crippen LogP contribution is -2.15. The van der Waals surface area contributed by atoms with Crippen LogP contribution in [0.4, 0.5) is 5.69 Å². The first kappa shape index (κ1) is 19.4. The molecule has 2 aromatic carbocycles. The Balaban J connectivity index is 2.18. The summed E-state index contributed by atoms with van der Waals surface area (Å²) in [6.45, 7) is 2.34. The van der Waals surface area contributed by atoms with E-state index in [1.165, 1.54) is 0 Å². The molecule has 0 unspecified atom stereocenters. The highest BCUT2D eigenvalue weighted by molar-refractivity contribution is 9.10. The standard InChI is InChI=1S/C18H19BrClNO4/c1-4-25-18-13(19)9-12(20)10-14(18)21-17(22)8-11-5-6-15(23-2)16(7-11)24-3/h5-7,9-10H,4,8H2,1-3H3,(H,21,22). The summed E-state index contributed by atoms with van der Waals surface area (Å²) in [7, 11) is 3.12. The number of ether oxygens (including phenoxy) is 3. The second kappa shape index (κ2) is 8.97. The predicted octanol–water partition coefficient (Wildman–Crippen LogP) is 4.70. The van der Waals surface area contributed by atoms with Gasteiger partial charge in [-0.3, -0.25) is 4.79 Å². The Morgan fingerprint density at radius 1 is 1.16 bits per heavy atom. The summed E-state index contributed by atoms with van der Waals surface area (Å²) in [6.07, 6.45) is 0.177. The molecule has 0 spiro atoms. The van der Waals surface area contributed by atoms with Gasteiger partial charge < -0.3 is 19.5 Å². The Labute approximate surface area is 160 Å². The third-order valence-electron chi connectivity index (χ3n) is 3.38. The fourth-order valence-corrected chi connectivity index (χ4v) is 3.24. The number of hydrogen-bond acceptors (Lipinski definition) is 4. The number of benzene rings is 2. The van der Waals surface area contributed by atoms with Gasteiger partial charge in [-0.05, 0) is 52.7 Å². The average molecular weight is 429 g/mol. The van der Waals surface area contributed by atoms with Gasteiger partial charge in [-0.2, -0.15) is 0 Å². The van der Waals surface area contributed by atoms with Gasteiger partial charge in [-0.25, -0.2) is 0 Å². The molecule has 2 aromatic rings. The fraction of sp³-hybridized carbons (Fsp3) is 0.278. The van der Waals surface area contributed by atoms with Crippen LogP contribution in [0.2, 0.25) is 5.02 Å². The van der Waals surface area contributed by atoms with Gasteiger partial charge in [0, 0.05) is 5.02 Å². The molecule has 1 amide bonds. The number of rotatable bonds is 7. The monoisotopic (exact) mass is 427 g/mol. The van der Waals surface area contributed by atoms with Crippen molar-refractivity contribution < 1.29 is 19.0 Å². The van der Waals surface area contributed by atoms with E-state index in [0.29, 0.717) is 39.0 Å². The lowest BCUT2D eigenvalue weighted by Gasteiger charge is -2.14. The molecule has 25 heavy (non-hydrogen) atoms. The molecule has 0 aromatic heterocycles. The van der Waals surface area contributed by atoms with Crippen molar-refractivity contribution in [3.8, 4) is 17.2 Å². The molecule has 0 aliphatic rings. The van der Waals surface area contributed by atoms with Crippen LogP contribution in [-0.2, 0) is 11.2 Å². The summed E-state index contributed by atoms with van der Waals surface area (Å²) < 4.78 is 16.7. The first-order valence-corrected chi connectivity index (χ1v) is 8.78. The van der Waals surface area contributed by atoms with Gasteiger partial charge >= 0.3 is 0 Å². The van der Waals surface area contributed by atoms with Crippen LogP contribution >= 0.6 is 27.5 Å². The minimum atomic E-state index is -0.192. The number of carbonyl (C=O) groups is 1. The number of hydrogen-bond donors (Lipinski definition) is 1. The molecule has 0 heterocycles. The first-order chi connectivity index (χ1) is 12.0. The molecule has 2 rings (SSSR count). The summed E-state index contributed by atoms with van der Waals surface area (Å²) in [5, 5.41) is 3.34. The van der Waals surface area contributed by atoms with E-state index < -0.39 is 0 Å². The van der Waals surface area contributed by atoms with Gasteiger partial charge in [-0.15, -0.1) is 0 Å². The predicted molar refractivity (Wildman–Crippen MR) is 102 cm³/mol. The largest absolute Gasteiger partial charge is 0.493 e. The first-order valence-electron chi connectivity index (χ1n) is 7.61. The highest BCUT2D eigenvalue weighted by atomic mass is 79.9. The minimum absolute atomic E-state index is 0.177. The number of amides is 1. The minimum Gasteiger partial charge on any atom is -0.493 e. The third kappa shape index (κ3) is 5.03. The van der Waals surface area contributed by atoms with Crippen molar-refractivity contribution in [2.45, 2.75) is 13.3 Å². The lowest BCUT2D eigenvalue weighted by atomic mass is 10.1. The Morgan fingerprint density at radius 2 is 1.88 bits per heavy atom. The van der Waals surface area contributed by atoms with Crippen LogP contribution in [0.5, 0.6) is 17.2 Å². The van der Waals surface area contributed by atoms with Gasteiger partial charge in [0.05, 0.1) is 37.4 Å². The smallest absolute Gasteiger partial charge is 0.228 e. The van der Waals surface area contributed by atoms with E-state index in [1.807, 2.05) is 13.0 Å². The maximum absolute atomic E-state index is 12.4. The second-order valence-corrected chi connectivity index (χ2v) is 6.40. The Morgan fingerprint density at radius 3 is 2.52 bits per heavy atom. The molecule has 0 saturated carbocycles. The van der Waals surface area contributed by atoms with Gasteiger partial charge in [0.1, 0.15) is 0 Å². The molecule has 0 fully saturated rings. The van der Waals surface area contributed by atoms with E-state index in [4.69, 9.17) is 25.8 Å². The molecule has 0 atom stereocenters. The summed E-state index contributed by atoms with van der Waals surface area (Å²) >= 11 is 9.47. The quantitative estimate of drug-likeness (QED) is 0.694. The van der Waals surface area contributed by atoms with Crippen molar-refractivity contribution in [3.05, 3.63) is 45.4 Å². The SMILES string of the molecule is CCOc1c(Br)cc(Cl)cc1NC(=O)Cc1ccc(OC)c(OC)c1. The van der Waals surface area contributed by atoms with Crippen LogP contribution in [0, 0.1) is 0 Å². The second-order valence-electron chi connectivity index (χ2n) is 5.11. The Kier molecular flexibility index (Phi) is 6.96. The number of methoxy groups -OCH3 is 2. The van der Waals surface area contributed by atoms with Gasteiger partial charge in [0.2, 0.25) is 5.91 Å². The number of nitrogens with one attached hydrogen (secondary N) is 1. The molecular formula is C18H19BrClNO4. The van der Waals surface area contributed by atoms with E-state index in [0.717, 1.165) is 5.56 Å². The van der Waals surface area contributed by atoms with Crippen LogP contribution < -0.4 is 19.5 Å². The van der Waals surface area contributed by atoms with Crippen LogP contribution in [0.3, 0.4) is 0 Å². The Hall–Kier alpha value is -1.92. The third-order valence-corrected chi connectivity index (χ3v) is 4.19. The van der Waals surface area contributed by atoms with Gasteiger partial charge in [-0.1, -0.05) is 17.7 Å². The Bertz CT molecular complexity index is 767. The maximum atomic E-state index is 12.4. The van der Waals surface area contributed by atoms with E-state index in [-0.39, 0.29) is 12.3 Å². The van der Waals surface area contributed by atoms with E-state index in [9.17, 15) is 4.79 Å². The molecule has 7 heteroatoms. The molecule has 0 bridgehead atoms. The topological polar surface area (TPSA) is 56.8 Å². The number of halogens is 2. The zero-order valence-corrected chi connectivity index (χ0v) is 16.5. The summed E-state index contributed by atoms with van der Waals surface area (Å²) in [6, 6.07) is 8.73. The van der Waals surface area contributed by atoms with Crippen LogP contribution in [0.25, 0.3) is 0 Å². The highest BCUT2D eigenvalue weighted by Crippen LogP contribution is 2.36. The van der Waals surface area contributed by atoms with Gasteiger partial charge in [0.25, 0.3) is 0 Å².